The fraction of sp³-hybridized carbons (Fsp3) is 0.579. The SMILES string of the molecule is Cc1cc(C)cc(OC[C@@H](O)CN2C(=O)[C@H]3CCCC[C@H]3C2=O)c1. The highest BCUT2D eigenvalue weighted by molar-refractivity contribution is 6.05. The summed E-state index contributed by atoms with van der Waals surface area (Å²) in [6.07, 6.45) is 2.72. The summed E-state index contributed by atoms with van der Waals surface area (Å²) in [5.74, 6) is 0.127. The summed E-state index contributed by atoms with van der Waals surface area (Å²) in [7, 11) is 0. The van der Waals surface area contributed by atoms with Crippen LogP contribution >= 0.6 is 0 Å². The second-order valence-electron chi connectivity index (χ2n) is 7.07. The van der Waals surface area contributed by atoms with Crippen LogP contribution in [0.3, 0.4) is 0 Å². The first-order valence-electron chi connectivity index (χ1n) is 8.70. The minimum atomic E-state index is -0.876. The van der Waals surface area contributed by atoms with E-state index in [4.69, 9.17) is 4.74 Å². The number of likely N-dealkylation sites (tertiary alicyclic amines) is 1. The molecule has 1 aromatic rings. The third-order valence-corrected chi connectivity index (χ3v) is 4.96. The second-order valence-corrected chi connectivity index (χ2v) is 7.07. The van der Waals surface area contributed by atoms with Crippen molar-refractivity contribution in [2.24, 2.45) is 11.8 Å². The number of rotatable bonds is 5. The number of ether oxygens (including phenoxy) is 1. The van der Waals surface area contributed by atoms with Crippen LogP contribution in [0.5, 0.6) is 5.75 Å². The molecule has 130 valence electrons. The van der Waals surface area contributed by atoms with E-state index >= 15 is 0 Å². The lowest BCUT2D eigenvalue weighted by atomic mass is 9.81. The van der Waals surface area contributed by atoms with Crippen LogP contribution in [-0.4, -0.2) is 41.1 Å². The van der Waals surface area contributed by atoms with Crippen LogP contribution in [0.25, 0.3) is 0 Å². The minimum Gasteiger partial charge on any atom is -0.491 e. The number of amides is 2. The molecule has 5 heteroatoms. The molecule has 1 saturated heterocycles. The maximum absolute atomic E-state index is 12.4. The van der Waals surface area contributed by atoms with Gasteiger partial charge >= 0.3 is 0 Å². The van der Waals surface area contributed by atoms with Crippen molar-refractivity contribution in [2.75, 3.05) is 13.2 Å². The molecule has 1 N–H and O–H groups in total. The molecule has 0 spiro atoms. The molecule has 24 heavy (non-hydrogen) atoms. The molecule has 1 aromatic carbocycles. The third-order valence-electron chi connectivity index (χ3n) is 4.96. The second kappa shape index (κ2) is 6.93. The van der Waals surface area contributed by atoms with E-state index in [1.54, 1.807) is 0 Å². The molecule has 2 amide bonds. The number of aliphatic hydroxyl groups is 1. The van der Waals surface area contributed by atoms with E-state index in [0.717, 1.165) is 36.8 Å². The highest BCUT2D eigenvalue weighted by Crippen LogP contribution is 2.38. The first kappa shape index (κ1) is 17.0. The Morgan fingerprint density at radius 2 is 1.62 bits per heavy atom. The van der Waals surface area contributed by atoms with Crippen molar-refractivity contribution in [2.45, 2.75) is 45.6 Å². The van der Waals surface area contributed by atoms with Crippen LogP contribution in [0.1, 0.15) is 36.8 Å². The average Bonchev–Trinajstić information content (AvgIpc) is 2.78. The van der Waals surface area contributed by atoms with Crippen molar-refractivity contribution >= 4 is 11.8 Å². The summed E-state index contributed by atoms with van der Waals surface area (Å²) in [5.41, 5.74) is 2.18. The zero-order valence-corrected chi connectivity index (χ0v) is 14.3. The largest absolute Gasteiger partial charge is 0.491 e. The van der Waals surface area contributed by atoms with Crippen molar-refractivity contribution in [3.8, 4) is 5.75 Å². The van der Waals surface area contributed by atoms with Gasteiger partial charge in [0.05, 0.1) is 18.4 Å². The number of carbonyl (C=O) groups excluding carboxylic acids is 2. The molecule has 1 saturated carbocycles. The Hall–Kier alpha value is -1.88. The van der Waals surface area contributed by atoms with Gasteiger partial charge in [0.1, 0.15) is 18.5 Å². The molecule has 1 heterocycles. The Labute approximate surface area is 142 Å². The Kier molecular flexibility index (Phi) is 4.90. The molecule has 0 radical (unpaired) electrons. The van der Waals surface area contributed by atoms with Crippen molar-refractivity contribution in [3.05, 3.63) is 29.3 Å². The summed E-state index contributed by atoms with van der Waals surface area (Å²) in [4.78, 5) is 26.1. The Morgan fingerprint density at radius 3 is 2.17 bits per heavy atom. The maximum atomic E-state index is 12.4. The Morgan fingerprint density at radius 1 is 1.08 bits per heavy atom. The van der Waals surface area contributed by atoms with Crippen molar-refractivity contribution in [1.29, 1.82) is 0 Å². The van der Waals surface area contributed by atoms with Gasteiger partial charge in [-0.15, -0.1) is 0 Å². The van der Waals surface area contributed by atoms with Crippen LogP contribution in [0, 0.1) is 25.7 Å². The molecule has 2 fully saturated rings. The van der Waals surface area contributed by atoms with E-state index in [2.05, 4.69) is 0 Å². The van der Waals surface area contributed by atoms with Gasteiger partial charge < -0.3 is 9.84 Å². The quantitative estimate of drug-likeness (QED) is 0.840. The highest BCUT2D eigenvalue weighted by atomic mass is 16.5. The first-order valence-corrected chi connectivity index (χ1v) is 8.70. The molecule has 3 atom stereocenters. The fourth-order valence-electron chi connectivity index (χ4n) is 3.88. The van der Waals surface area contributed by atoms with Crippen molar-refractivity contribution in [1.82, 2.24) is 4.90 Å². The third kappa shape index (κ3) is 3.46. The molecule has 0 unspecified atom stereocenters. The van der Waals surface area contributed by atoms with Crippen molar-refractivity contribution in [3.63, 3.8) is 0 Å². The number of aryl methyl sites for hydroxylation is 2. The molecule has 5 nitrogen and oxygen atoms in total. The van der Waals surface area contributed by atoms with Gasteiger partial charge in [0, 0.05) is 0 Å². The maximum Gasteiger partial charge on any atom is 0.233 e. The van der Waals surface area contributed by atoms with E-state index in [1.807, 2.05) is 32.0 Å². The van der Waals surface area contributed by atoms with Gasteiger partial charge in [0.15, 0.2) is 0 Å². The summed E-state index contributed by atoms with van der Waals surface area (Å²) in [6, 6.07) is 5.85. The minimum absolute atomic E-state index is 0.0233. The van der Waals surface area contributed by atoms with Gasteiger partial charge in [-0.3, -0.25) is 14.5 Å². The molecule has 3 rings (SSSR count). The predicted molar refractivity (Wildman–Crippen MR) is 89.6 cm³/mol. The lowest BCUT2D eigenvalue weighted by Gasteiger charge is -2.19. The van der Waals surface area contributed by atoms with E-state index in [-0.39, 0.29) is 36.8 Å². The van der Waals surface area contributed by atoms with E-state index in [1.165, 1.54) is 4.90 Å². The molecule has 2 aliphatic rings. The van der Waals surface area contributed by atoms with E-state index in [9.17, 15) is 14.7 Å². The van der Waals surface area contributed by atoms with Gasteiger partial charge in [0.2, 0.25) is 11.8 Å². The zero-order valence-electron chi connectivity index (χ0n) is 14.3. The van der Waals surface area contributed by atoms with Gasteiger partial charge in [-0.05, 0) is 49.9 Å². The summed E-state index contributed by atoms with van der Waals surface area (Å²) in [6.45, 7) is 4.06. The smallest absolute Gasteiger partial charge is 0.233 e. The van der Waals surface area contributed by atoms with Crippen LogP contribution in [-0.2, 0) is 9.59 Å². The molecule has 1 aliphatic heterocycles. The molecular formula is C19H25NO4. The topological polar surface area (TPSA) is 66.8 Å². The standard InChI is InChI=1S/C19H25NO4/c1-12-7-13(2)9-15(8-12)24-11-14(21)10-20-18(22)16-5-3-4-6-17(16)19(20)23/h7-9,14,16-17,21H,3-6,10-11H2,1-2H3/t14-,16-,17+/m0/s1. The Balaban J connectivity index is 1.57. The fourth-order valence-corrected chi connectivity index (χ4v) is 3.88. The summed E-state index contributed by atoms with van der Waals surface area (Å²) in [5, 5.41) is 10.2. The number of β-amino-alcohol motifs (C(OH)–C–C–N with tert-alkyl or cyclic N) is 1. The van der Waals surface area contributed by atoms with Gasteiger partial charge in [0.25, 0.3) is 0 Å². The lowest BCUT2D eigenvalue weighted by molar-refractivity contribution is -0.141. The van der Waals surface area contributed by atoms with E-state index < -0.39 is 6.10 Å². The molecule has 0 bridgehead atoms. The zero-order chi connectivity index (χ0) is 17.3. The predicted octanol–water partition coefficient (Wildman–Crippen LogP) is 2.22. The van der Waals surface area contributed by atoms with Crippen LogP contribution in [0.15, 0.2) is 18.2 Å². The number of nitrogens with zero attached hydrogens (tertiary/aromatic N) is 1. The van der Waals surface area contributed by atoms with E-state index in [0.29, 0.717) is 5.75 Å². The van der Waals surface area contributed by atoms with Crippen molar-refractivity contribution < 1.29 is 19.4 Å². The molecule has 0 aromatic heterocycles. The van der Waals surface area contributed by atoms with Crippen LogP contribution < -0.4 is 4.74 Å². The lowest BCUT2D eigenvalue weighted by Crippen LogP contribution is -2.40. The van der Waals surface area contributed by atoms with Gasteiger partial charge in [-0.2, -0.15) is 0 Å². The molecular weight excluding hydrogens is 306 g/mol. The van der Waals surface area contributed by atoms with Gasteiger partial charge in [-0.1, -0.05) is 18.9 Å². The molecule has 1 aliphatic carbocycles. The summed E-state index contributed by atoms with van der Waals surface area (Å²) >= 11 is 0. The number of fused-ring (bicyclic) bond motifs is 1. The first-order chi connectivity index (χ1) is 11.5. The average molecular weight is 331 g/mol. The Bertz CT molecular complexity index is 598. The van der Waals surface area contributed by atoms with Gasteiger partial charge in [-0.25, -0.2) is 0 Å². The number of aliphatic hydroxyl groups excluding tert-OH is 1. The number of imide groups is 1. The summed E-state index contributed by atoms with van der Waals surface area (Å²) < 4.78 is 5.63. The van der Waals surface area contributed by atoms with Crippen LogP contribution in [0.4, 0.5) is 0 Å². The normalized spacial score (nSPS) is 24.9. The van der Waals surface area contributed by atoms with Crippen LogP contribution in [0.2, 0.25) is 0 Å². The number of carbonyl (C=O) groups is 2. The highest BCUT2D eigenvalue weighted by Gasteiger charge is 2.48. The number of hydrogen-bond donors (Lipinski definition) is 1. The monoisotopic (exact) mass is 331 g/mol. The number of benzene rings is 1. The number of hydrogen-bond acceptors (Lipinski definition) is 4.